The van der Waals surface area contributed by atoms with E-state index >= 15 is 0 Å². The summed E-state index contributed by atoms with van der Waals surface area (Å²) in [6, 6.07) is 20.0. The van der Waals surface area contributed by atoms with Gasteiger partial charge in [0.1, 0.15) is 5.75 Å². The summed E-state index contributed by atoms with van der Waals surface area (Å²) < 4.78 is 30.3. The Morgan fingerprint density at radius 3 is 2.39 bits per heavy atom. The zero-order chi connectivity index (χ0) is 23.1. The molecule has 0 aliphatic rings. The number of halogens is 1. The monoisotopic (exact) mass is 490 g/mol. The predicted molar refractivity (Wildman–Crippen MR) is 138 cm³/mol. The molecular weight excluding hydrogens is 456 g/mol. The van der Waals surface area contributed by atoms with Crippen LogP contribution in [0.25, 0.3) is 11.3 Å². The largest absolute Gasteiger partial charge is 0.496 e. The molecule has 1 N–H and O–H groups in total. The molecule has 0 bridgehead atoms. The van der Waals surface area contributed by atoms with Crippen molar-refractivity contribution in [2.45, 2.75) is 51.1 Å². The zero-order valence-electron chi connectivity index (χ0n) is 19.9. The van der Waals surface area contributed by atoms with E-state index in [0.717, 1.165) is 42.9 Å². The Balaban J connectivity index is 0.00000385. The molecule has 0 aliphatic carbocycles. The van der Waals surface area contributed by atoms with Crippen LogP contribution in [0.5, 0.6) is 5.75 Å². The molecule has 1 aromatic heterocycles. The summed E-state index contributed by atoms with van der Waals surface area (Å²) in [6.45, 7) is 7.91. The molecule has 0 amide bonds. The van der Waals surface area contributed by atoms with Gasteiger partial charge in [0, 0.05) is 29.5 Å². The third-order valence-corrected chi connectivity index (χ3v) is 7.68. The molecule has 3 rings (SSSR count). The molecule has 2 aromatic carbocycles. The van der Waals surface area contributed by atoms with Crippen molar-refractivity contribution in [3.63, 3.8) is 0 Å². The van der Waals surface area contributed by atoms with Crippen LogP contribution in [0.15, 0.2) is 65.6 Å². The second kappa shape index (κ2) is 12.3. The van der Waals surface area contributed by atoms with E-state index in [4.69, 9.17) is 4.74 Å². The van der Waals surface area contributed by atoms with Crippen molar-refractivity contribution in [2.75, 3.05) is 19.4 Å². The number of H-pyrrole nitrogens is 1. The average molecular weight is 491 g/mol. The molecule has 1 heterocycles. The van der Waals surface area contributed by atoms with Crippen molar-refractivity contribution >= 4 is 22.2 Å². The third kappa shape index (κ3) is 6.62. The molecule has 0 spiro atoms. The van der Waals surface area contributed by atoms with Gasteiger partial charge in [0.2, 0.25) is 0 Å². The highest BCUT2D eigenvalue weighted by Gasteiger charge is 2.19. The lowest BCUT2D eigenvalue weighted by molar-refractivity contribution is 0.196. The first-order valence-corrected chi connectivity index (χ1v) is 12.9. The van der Waals surface area contributed by atoms with E-state index in [9.17, 15) is 8.42 Å². The first-order chi connectivity index (χ1) is 15.4. The van der Waals surface area contributed by atoms with Gasteiger partial charge in [-0.15, -0.1) is 12.4 Å². The predicted octanol–water partition coefficient (Wildman–Crippen LogP) is 6.27. The molecule has 0 aliphatic heterocycles. The first-order valence-electron chi connectivity index (χ1n) is 11.3. The van der Waals surface area contributed by atoms with Crippen LogP contribution in [-0.2, 0) is 16.4 Å². The van der Waals surface area contributed by atoms with Gasteiger partial charge < -0.3 is 9.72 Å². The fourth-order valence-corrected chi connectivity index (χ4v) is 4.79. The number of ether oxygens (including phenoxy) is 1. The highest BCUT2D eigenvalue weighted by molar-refractivity contribution is 7.91. The van der Waals surface area contributed by atoms with Crippen LogP contribution in [0.4, 0.5) is 0 Å². The number of aromatic nitrogens is 1. The Kier molecular flexibility index (Phi) is 10.0. The van der Waals surface area contributed by atoms with E-state index in [1.54, 1.807) is 32.2 Å². The Hall–Kier alpha value is -2.28. The van der Waals surface area contributed by atoms with E-state index in [1.807, 2.05) is 12.1 Å². The maximum Gasteiger partial charge on any atom is 0.178 e. The number of aromatic amines is 1. The number of benzene rings is 2. The Bertz CT molecular complexity index is 1110. The molecule has 7 heteroatoms. The lowest BCUT2D eigenvalue weighted by atomic mass is 10.1. The maximum absolute atomic E-state index is 12.4. The van der Waals surface area contributed by atoms with Crippen LogP contribution in [0, 0.1) is 0 Å². The summed E-state index contributed by atoms with van der Waals surface area (Å²) in [7, 11) is -1.69. The van der Waals surface area contributed by atoms with Crippen molar-refractivity contribution in [3.8, 4) is 17.0 Å². The van der Waals surface area contributed by atoms with E-state index in [0.29, 0.717) is 16.7 Å². The number of hydrogen-bond acceptors (Lipinski definition) is 4. The van der Waals surface area contributed by atoms with Gasteiger partial charge in [-0.3, -0.25) is 4.90 Å². The van der Waals surface area contributed by atoms with Gasteiger partial charge in [-0.1, -0.05) is 50.6 Å². The highest BCUT2D eigenvalue weighted by atomic mass is 35.5. The lowest BCUT2D eigenvalue weighted by Crippen LogP contribution is -2.28. The van der Waals surface area contributed by atoms with Gasteiger partial charge in [0.15, 0.2) is 9.84 Å². The number of nitrogens with one attached hydrogen (secondary N) is 1. The van der Waals surface area contributed by atoms with Crippen LogP contribution in [0.2, 0.25) is 0 Å². The van der Waals surface area contributed by atoms with Crippen molar-refractivity contribution < 1.29 is 13.2 Å². The van der Waals surface area contributed by atoms with Crippen molar-refractivity contribution in [3.05, 3.63) is 71.9 Å². The molecule has 0 saturated heterocycles. The summed E-state index contributed by atoms with van der Waals surface area (Å²) >= 11 is 0. The van der Waals surface area contributed by atoms with Gasteiger partial charge in [0.25, 0.3) is 0 Å². The second-order valence-corrected chi connectivity index (χ2v) is 10.4. The molecule has 0 fully saturated rings. The standard InChI is InChI=1S/C26H34N2O3S.ClH/c1-5-7-17-28(20(3)21-11-9-8-10-12-21)19-22-13-15-25(27-22)24-18-23(32(29,30)6-2)14-16-26(24)31-4;/h8-16,18,20,27H,5-7,17,19H2,1-4H3;1H/t20-;/m0./s1. The molecule has 3 aromatic rings. The Morgan fingerprint density at radius 1 is 1.03 bits per heavy atom. The van der Waals surface area contributed by atoms with Crippen molar-refractivity contribution in [2.24, 2.45) is 0 Å². The van der Waals surface area contributed by atoms with Crippen molar-refractivity contribution in [1.82, 2.24) is 9.88 Å². The SMILES string of the molecule is CCCCN(Cc1ccc(-c2cc(S(=O)(=O)CC)ccc2OC)[nH]1)[C@@H](C)c1ccccc1.Cl. The normalized spacial score (nSPS) is 12.4. The topological polar surface area (TPSA) is 62.4 Å². The number of unbranched alkanes of at least 4 members (excludes halogenated alkanes) is 1. The minimum atomic E-state index is -3.30. The van der Waals surface area contributed by atoms with E-state index < -0.39 is 9.84 Å². The molecule has 5 nitrogen and oxygen atoms in total. The van der Waals surface area contributed by atoms with Crippen LogP contribution < -0.4 is 4.74 Å². The average Bonchev–Trinajstić information content (AvgIpc) is 3.29. The van der Waals surface area contributed by atoms with Gasteiger partial charge in [-0.2, -0.15) is 0 Å². The molecule has 180 valence electrons. The number of sulfone groups is 1. The van der Waals surface area contributed by atoms with Gasteiger partial charge in [0.05, 0.1) is 17.8 Å². The zero-order valence-corrected chi connectivity index (χ0v) is 21.5. The molecule has 33 heavy (non-hydrogen) atoms. The minimum absolute atomic E-state index is 0. The molecular formula is C26H35ClN2O3S. The van der Waals surface area contributed by atoms with Crippen LogP contribution in [-0.4, -0.2) is 37.7 Å². The molecule has 0 unspecified atom stereocenters. The number of methoxy groups -OCH3 is 1. The van der Waals surface area contributed by atoms with Crippen LogP contribution in [0.1, 0.15) is 50.9 Å². The number of nitrogens with zero attached hydrogens (tertiary/aromatic N) is 1. The van der Waals surface area contributed by atoms with E-state index in [1.165, 1.54) is 5.56 Å². The summed E-state index contributed by atoms with van der Waals surface area (Å²) in [6.07, 6.45) is 2.28. The van der Waals surface area contributed by atoms with E-state index in [-0.39, 0.29) is 18.2 Å². The number of hydrogen-bond donors (Lipinski definition) is 1. The smallest absolute Gasteiger partial charge is 0.178 e. The minimum Gasteiger partial charge on any atom is -0.496 e. The van der Waals surface area contributed by atoms with Gasteiger partial charge in [-0.05, 0) is 55.8 Å². The fourth-order valence-electron chi connectivity index (χ4n) is 3.88. The fraction of sp³-hybridized carbons (Fsp3) is 0.385. The maximum atomic E-state index is 12.4. The summed E-state index contributed by atoms with van der Waals surface area (Å²) in [5.74, 6) is 0.715. The van der Waals surface area contributed by atoms with Gasteiger partial charge in [-0.25, -0.2) is 8.42 Å². The van der Waals surface area contributed by atoms with Crippen LogP contribution >= 0.6 is 12.4 Å². The summed E-state index contributed by atoms with van der Waals surface area (Å²) in [4.78, 5) is 6.29. The lowest BCUT2D eigenvalue weighted by Gasteiger charge is -2.29. The van der Waals surface area contributed by atoms with Crippen LogP contribution in [0.3, 0.4) is 0 Å². The van der Waals surface area contributed by atoms with Crippen molar-refractivity contribution in [1.29, 1.82) is 0 Å². The second-order valence-electron chi connectivity index (χ2n) is 8.07. The summed E-state index contributed by atoms with van der Waals surface area (Å²) in [5, 5.41) is 0. The third-order valence-electron chi connectivity index (χ3n) is 5.95. The highest BCUT2D eigenvalue weighted by Crippen LogP contribution is 2.33. The Labute approximate surface area is 204 Å². The quantitative estimate of drug-likeness (QED) is 0.344. The molecule has 1 atom stereocenters. The van der Waals surface area contributed by atoms with Gasteiger partial charge >= 0.3 is 0 Å². The number of rotatable bonds is 11. The van der Waals surface area contributed by atoms with E-state index in [2.05, 4.69) is 54.1 Å². The Morgan fingerprint density at radius 2 is 1.76 bits per heavy atom. The first kappa shape index (κ1) is 27.0. The molecule has 0 radical (unpaired) electrons. The molecule has 0 saturated carbocycles. The summed E-state index contributed by atoms with van der Waals surface area (Å²) in [5.41, 5.74) is 4.00.